The van der Waals surface area contributed by atoms with Gasteiger partial charge in [0.1, 0.15) is 0 Å². The highest BCUT2D eigenvalue weighted by atomic mass is 32.1. The van der Waals surface area contributed by atoms with Crippen LogP contribution in [-0.4, -0.2) is 16.0 Å². The Labute approximate surface area is 125 Å². The van der Waals surface area contributed by atoms with Crippen molar-refractivity contribution in [2.24, 2.45) is 0 Å². The van der Waals surface area contributed by atoms with Crippen molar-refractivity contribution < 1.29 is 0 Å². The van der Waals surface area contributed by atoms with Gasteiger partial charge in [-0.1, -0.05) is 89.5 Å². The predicted molar refractivity (Wildman–Crippen MR) is 93.2 cm³/mol. The second kappa shape index (κ2) is 17.6. The first kappa shape index (κ1) is 18.6. The summed E-state index contributed by atoms with van der Waals surface area (Å²) in [5.74, 6) is 1.07. The number of thiol groups is 1. The van der Waals surface area contributed by atoms with Gasteiger partial charge in [0, 0.05) is 10.2 Å². The van der Waals surface area contributed by atoms with Gasteiger partial charge in [0.15, 0.2) is 0 Å². The summed E-state index contributed by atoms with van der Waals surface area (Å²) < 4.78 is 0. The van der Waals surface area contributed by atoms with Gasteiger partial charge < -0.3 is 0 Å². The van der Waals surface area contributed by atoms with Gasteiger partial charge >= 0.3 is 0 Å². The van der Waals surface area contributed by atoms with Crippen molar-refractivity contribution in [2.45, 2.75) is 95.9 Å². The molecule has 0 saturated carbocycles. The number of hydrogen-bond acceptors (Lipinski definition) is 1. The normalized spacial score (nSPS) is 11.2. The minimum absolute atomic E-state index is 1.07. The van der Waals surface area contributed by atoms with Crippen molar-refractivity contribution in [1.29, 1.82) is 0 Å². The van der Waals surface area contributed by atoms with E-state index in [1.165, 1.54) is 106 Å². The third-order valence-electron chi connectivity index (χ3n) is 3.76. The van der Waals surface area contributed by atoms with Gasteiger partial charge in [-0.05, 0) is 12.2 Å². The summed E-state index contributed by atoms with van der Waals surface area (Å²) in [6.45, 7) is 0. The van der Waals surface area contributed by atoms with Gasteiger partial charge in [0.25, 0.3) is 0 Å². The molecule has 0 spiro atoms. The van der Waals surface area contributed by atoms with Crippen LogP contribution in [0.3, 0.4) is 0 Å². The van der Waals surface area contributed by atoms with E-state index in [0.717, 1.165) is 5.75 Å². The van der Waals surface area contributed by atoms with Gasteiger partial charge in [0.2, 0.25) is 0 Å². The molecule has 0 fully saturated rings. The summed E-state index contributed by atoms with van der Waals surface area (Å²) in [5.41, 5.74) is 0. The third kappa shape index (κ3) is 16.6. The minimum atomic E-state index is 1.07. The molecule has 0 aromatic rings. The summed E-state index contributed by atoms with van der Waals surface area (Å²) in [7, 11) is 1.41. The highest BCUT2D eigenvalue weighted by Crippen LogP contribution is 2.13. The summed E-state index contributed by atoms with van der Waals surface area (Å²) in [6.07, 6.45) is 20.4. The Hall–Kier alpha value is 0.567. The molecule has 0 aromatic carbocycles. The summed E-state index contributed by atoms with van der Waals surface area (Å²) in [5, 5.41) is 0. The van der Waals surface area contributed by atoms with E-state index in [0.29, 0.717) is 0 Å². The molecule has 0 aromatic heterocycles. The molecule has 0 unspecified atom stereocenters. The minimum Gasteiger partial charge on any atom is -0.179 e. The van der Waals surface area contributed by atoms with Gasteiger partial charge in [-0.15, -0.1) is 0 Å². The van der Waals surface area contributed by atoms with Crippen LogP contribution in [0.25, 0.3) is 0 Å². The number of rotatable bonds is 15. The molecule has 2 heteroatoms. The summed E-state index contributed by atoms with van der Waals surface area (Å²) in [4.78, 5) is 0. The Bertz CT molecular complexity index is 123. The van der Waals surface area contributed by atoms with E-state index < -0.39 is 0 Å². The van der Waals surface area contributed by atoms with Crippen LogP contribution >= 0.6 is 12.6 Å². The van der Waals surface area contributed by atoms with Crippen molar-refractivity contribution >= 4 is 22.9 Å². The van der Waals surface area contributed by atoms with Crippen LogP contribution < -0.4 is 0 Å². The molecule has 0 aliphatic rings. The molecule has 18 heavy (non-hydrogen) atoms. The van der Waals surface area contributed by atoms with E-state index >= 15 is 0 Å². The standard InChI is InChI=1S/C16H36SSi/c17-15-13-11-9-7-5-3-1-2-4-6-8-10-12-14-16-18/h17H,1-16H2,18H3. The lowest BCUT2D eigenvalue weighted by molar-refractivity contribution is 0.538. The zero-order valence-electron chi connectivity index (χ0n) is 12.8. The largest absolute Gasteiger partial charge is 0.179 e. The smallest absolute Gasteiger partial charge is 0.00279 e. The Kier molecular flexibility index (Phi) is 18.1. The highest BCUT2D eigenvalue weighted by Gasteiger charge is 1.93. The first-order valence-electron chi connectivity index (χ1n) is 8.52. The topological polar surface area (TPSA) is 0 Å². The molecule has 0 saturated heterocycles. The molecule has 0 amide bonds. The van der Waals surface area contributed by atoms with Crippen molar-refractivity contribution in [2.75, 3.05) is 5.75 Å². The van der Waals surface area contributed by atoms with E-state index in [1.807, 2.05) is 0 Å². The first-order chi connectivity index (χ1) is 8.91. The molecule has 0 rings (SSSR count). The fraction of sp³-hybridized carbons (Fsp3) is 1.00. The van der Waals surface area contributed by atoms with Crippen molar-refractivity contribution in [1.82, 2.24) is 0 Å². The molecule has 0 bridgehead atoms. The lowest BCUT2D eigenvalue weighted by Gasteiger charge is -2.02. The van der Waals surface area contributed by atoms with E-state index in [1.54, 1.807) is 0 Å². The Morgan fingerprint density at radius 1 is 0.444 bits per heavy atom. The van der Waals surface area contributed by atoms with Gasteiger partial charge in [-0.3, -0.25) is 0 Å². The number of unbranched alkanes of at least 4 members (excludes halogenated alkanes) is 13. The van der Waals surface area contributed by atoms with Crippen molar-refractivity contribution in [3.05, 3.63) is 0 Å². The van der Waals surface area contributed by atoms with Gasteiger partial charge in [-0.2, -0.15) is 12.6 Å². The highest BCUT2D eigenvalue weighted by molar-refractivity contribution is 7.80. The van der Waals surface area contributed by atoms with Crippen LogP contribution in [0, 0.1) is 0 Å². The fourth-order valence-electron chi connectivity index (χ4n) is 2.48. The first-order valence-corrected chi connectivity index (χ1v) is 10.6. The van der Waals surface area contributed by atoms with Gasteiger partial charge in [0.05, 0.1) is 0 Å². The van der Waals surface area contributed by atoms with Crippen LogP contribution in [-0.2, 0) is 0 Å². The molecule has 0 heterocycles. The Balaban J connectivity index is 2.86. The summed E-state index contributed by atoms with van der Waals surface area (Å²) >= 11 is 4.24. The Morgan fingerprint density at radius 3 is 1.00 bits per heavy atom. The Morgan fingerprint density at radius 2 is 0.722 bits per heavy atom. The molecule has 0 aliphatic heterocycles. The zero-order chi connectivity index (χ0) is 13.3. The molecular formula is C16H36SSi. The average Bonchev–Trinajstić information content (AvgIpc) is 2.39. The maximum Gasteiger partial charge on any atom is 0.00279 e. The quantitative estimate of drug-likeness (QED) is 0.240. The monoisotopic (exact) mass is 288 g/mol. The second-order valence-corrected chi connectivity index (χ2v) is 7.12. The molecule has 0 radical (unpaired) electrons. The van der Waals surface area contributed by atoms with Crippen LogP contribution in [0.4, 0.5) is 0 Å². The van der Waals surface area contributed by atoms with Crippen LogP contribution in [0.15, 0.2) is 0 Å². The van der Waals surface area contributed by atoms with E-state index in [-0.39, 0.29) is 0 Å². The van der Waals surface area contributed by atoms with Crippen LogP contribution in [0.2, 0.25) is 6.04 Å². The summed E-state index contributed by atoms with van der Waals surface area (Å²) in [6, 6.07) is 1.51. The maximum absolute atomic E-state index is 4.24. The van der Waals surface area contributed by atoms with Crippen molar-refractivity contribution in [3.8, 4) is 0 Å². The maximum atomic E-state index is 4.24. The predicted octanol–water partition coefficient (Wildman–Crippen LogP) is 5.16. The zero-order valence-corrected chi connectivity index (χ0v) is 15.7. The lowest BCUT2D eigenvalue weighted by Crippen LogP contribution is -1.83. The molecule has 0 aliphatic carbocycles. The molecule has 0 N–H and O–H groups in total. The fourth-order valence-corrected chi connectivity index (χ4v) is 3.21. The van der Waals surface area contributed by atoms with Crippen LogP contribution in [0.1, 0.15) is 89.9 Å². The average molecular weight is 289 g/mol. The van der Waals surface area contributed by atoms with Crippen molar-refractivity contribution in [3.63, 3.8) is 0 Å². The van der Waals surface area contributed by atoms with E-state index in [2.05, 4.69) is 12.6 Å². The van der Waals surface area contributed by atoms with Crippen LogP contribution in [0.5, 0.6) is 0 Å². The lowest BCUT2D eigenvalue weighted by atomic mass is 10.0. The van der Waals surface area contributed by atoms with Gasteiger partial charge in [-0.25, -0.2) is 0 Å². The molecule has 0 nitrogen and oxygen atoms in total. The van der Waals surface area contributed by atoms with E-state index in [9.17, 15) is 0 Å². The molecule has 110 valence electrons. The molecule has 0 atom stereocenters. The number of hydrogen-bond donors (Lipinski definition) is 1. The third-order valence-corrected chi connectivity index (χ3v) is 4.79. The SMILES string of the molecule is [SiH3]CCCCCCCCCCCCCCCCS. The molecular weight excluding hydrogens is 252 g/mol. The van der Waals surface area contributed by atoms with E-state index in [4.69, 9.17) is 0 Å². The second-order valence-electron chi connectivity index (χ2n) is 5.67.